The van der Waals surface area contributed by atoms with E-state index in [0.29, 0.717) is 5.56 Å². The smallest absolute Gasteiger partial charge is 0.256 e. The third-order valence-corrected chi connectivity index (χ3v) is 3.38. The molecule has 3 rings (SSSR count). The molecule has 5 nitrogen and oxygen atoms in total. The van der Waals surface area contributed by atoms with E-state index in [1.165, 1.54) is 18.2 Å². The molecular weight excluding hydrogens is 326 g/mol. The van der Waals surface area contributed by atoms with E-state index in [2.05, 4.69) is 20.8 Å². The highest BCUT2D eigenvalue weighted by molar-refractivity contribution is 6.03. The molecule has 0 saturated heterocycles. The molecule has 0 aliphatic rings. The van der Waals surface area contributed by atoms with Gasteiger partial charge in [-0.15, -0.1) is 10.2 Å². The minimum atomic E-state index is -0.737. The number of carbonyl (C=O) groups excluding carboxylic acids is 1. The van der Waals surface area contributed by atoms with Crippen LogP contribution in [0.4, 0.5) is 26.1 Å². The molecule has 126 valence electrons. The zero-order valence-corrected chi connectivity index (χ0v) is 13.3. The summed E-state index contributed by atoms with van der Waals surface area (Å²) in [5, 5.41) is 13.1. The number of anilines is 3. The number of carbonyl (C=O) groups is 1. The summed E-state index contributed by atoms with van der Waals surface area (Å²) in [6.45, 7) is 1.89. The van der Waals surface area contributed by atoms with Gasteiger partial charge in [0, 0.05) is 11.6 Å². The molecule has 1 amide bonds. The maximum Gasteiger partial charge on any atom is 0.256 e. The zero-order chi connectivity index (χ0) is 17.8. The van der Waals surface area contributed by atoms with Crippen LogP contribution in [0.2, 0.25) is 0 Å². The first-order chi connectivity index (χ1) is 12.0. The second kappa shape index (κ2) is 7.04. The van der Waals surface area contributed by atoms with Crippen LogP contribution in [-0.4, -0.2) is 16.1 Å². The number of amides is 1. The lowest BCUT2D eigenvalue weighted by Crippen LogP contribution is -2.13. The molecule has 25 heavy (non-hydrogen) atoms. The number of halogens is 2. The van der Waals surface area contributed by atoms with Gasteiger partial charge in [-0.3, -0.25) is 4.79 Å². The van der Waals surface area contributed by atoms with Crippen molar-refractivity contribution < 1.29 is 13.6 Å². The lowest BCUT2D eigenvalue weighted by atomic mass is 10.1. The van der Waals surface area contributed by atoms with Crippen LogP contribution in [0.15, 0.2) is 54.6 Å². The minimum Gasteiger partial charge on any atom is -0.336 e. The van der Waals surface area contributed by atoms with Crippen molar-refractivity contribution >= 4 is 23.2 Å². The molecule has 0 aliphatic carbocycles. The number of benzene rings is 2. The van der Waals surface area contributed by atoms with Crippen molar-refractivity contribution in [2.24, 2.45) is 0 Å². The molecule has 0 fully saturated rings. The Kier molecular flexibility index (Phi) is 4.65. The lowest BCUT2D eigenvalue weighted by molar-refractivity contribution is 0.102. The number of aromatic nitrogens is 2. The third-order valence-electron chi connectivity index (χ3n) is 3.38. The molecule has 0 unspecified atom stereocenters. The first-order valence-electron chi connectivity index (χ1n) is 7.45. The van der Waals surface area contributed by atoms with Crippen molar-refractivity contribution in [2.75, 3.05) is 10.6 Å². The Morgan fingerprint density at radius 2 is 1.72 bits per heavy atom. The summed E-state index contributed by atoms with van der Waals surface area (Å²) in [6.07, 6.45) is 0. The first kappa shape index (κ1) is 16.5. The SMILES string of the molecule is Cc1cccc(C(=O)Nc2ccc(Nc3ccc(F)cc3F)nn2)c1. The Labute approximate surface area is 142 Å². The molecule has 2 N–H and O–H groups in total. The van der Waals surface area contributed by atoms with Crippen molar-refractivity contribution in [3.05, 3.63) is 77.4 Å². The number of hydrogen-bond acceptors (Lipinski definition) is 4. The molecule has 3 aromatic rings. The summed E-state index contributed by atoms with van der Waals surface area (Å²) in [7, 11) is 0. The van der Waals surface area contributed by atoms with Crippen LogP contribution in [0.25, 0.3) is 0 Å². The molecule has 0 radical (unpaired) electrons. The van der Waals surface area contributed by atoms with Crippen LogP contribution >= 0.6 is 0 Å². The van der Waals surface area contributed by atoms with Gasteiger partial charge in [-0.25, -0.2) is 8.78 Å². The van der Waals surface area contributed by atoms with Gasteiger partial charge in [0.15, 0.2) is 11.6 Å². The largest absolute Gasteiger partial charge is 0.336 e. The minimum absolute atomic E-state index is 0.0762. The molecule has 0 spiro atoms. The number of hydrogen-bond donors (Lipinski definition) is 2. The van der Waals surface area contributed by atoms with Crippen LogP contribution in [0.1, 0.15) is 15.9 Å². The highest BCUT2D eigenvalue weighted by atomic mass is 19.1. The van der Waals surface area contributed by atoms with Gasteiger partial charge in [-0.05, 0) is 43.3 Å². The predicted molar refractivity (Wildman–Crippen MR) is 90.8 cm³/mol. The summed E-state index contributed by atoms with van der Waals surface area (Å²) >= 11 is 0. The molecule has 2 aromatic carbocycles. The zero-order valence-electron chi connectivity index (χ0n) is 13.3. The highest BCUT2D eigenvalue weighted by Gasteiger charge is 2.08. The van der Waals surface area contributed by atoms with Gasteiger partial charge in [0.2, 0.25) is 0 Å². The molecule has 1 aromatic heterocycles. The van der Waals surface area contributed by atoms with Crippen molar-refractivity contribution in [3.8, 4) is 0 Å². The average molecular weight is 340 g/mol. The van der Waals surface area contributed by atoms with Crippen LogP contribution in [0, 0.1) is 18.6 Å². The van der Waals surface area contributed by atoms with Gasteiger partial charge in [0.25, 0.3) is 5.91 Å². The van der Waals surface area contributed by atoms with Gasteiger partial charge in [-0.2, -0.15) is 0 Å². The summed E-state index contributed by atoms with van der Waals surface area (Å²) in [4.78, 5) is 12.1. The normalized spacial score (nSPS) is 10.4. The van der Waals surface area contributed by atoms with Crippen LogP contribution in [-0.2, 0) is 0 Å². The molecule has 7 heteroatoms. The van der Waals surface area contributed by atoms with E-state index in [1.54, 1.807) is 18.2 Å². The second-order valence-electron chi connectivity index (χ2n) is 5.38. The Morgan fingerprint density at radius 1 is 0.960 bits per heavy atom. The monoisotopic (exact) mass is 340 g/mol. The number of aryl methyl sites for hydroxylation is 1. The lowest BCUT2D eigenvalue weighted by Gasteiger charge is -2.08. The maximum absolute atomic E-state index is 13.6. The summed E-state index contributed by atoms with van der Waals surface area (Å²) < 4.78 is 26.5. The van der Waals surface area contributed by atoms with E-state index in [4.69, 9.17) is 0 Å². The maximum atomic E-state index is 13.6. The Morgan fingerprint density at radius 3 is 2.40 bits per heavy atom. The first-order valence-corrected chi connectivity index (χ1v) is 7.45. The standard InChI is InChI=1S/C18H14F2N4O/c1-11-3-2-4-12(9-11)18(25)22-17-8-7-16(23-24-17)21-15-6-5-13(19)10-14(15)20/h2-10H,1H3,(H,21,23)(H,22,24,25). The number of rotatable bonds is 4. The topological polar surface area (TPSA) is 66.9 Å². The fourth-order valence-corrected chi connectivity index (χ4v) is 2.17. The fourth-order valence-electron chi connectivity index (χ4n) is 2.17. The van der Waals surface area contributed by atoms with E-state index in [0.717, 1.165) is 17.7 Å². The van der Waals surface area contributed by atoms with E-state index in [9.17, 15) is 13.6 Å². The second-order valence-corrected chi connectivity index (χ2v) is 5.38. The molecule has 0 bridgehead atoms. The fraction of sp³-hybridized carbons (Fsp3) is 0.0556. The van der Waals surface area contributed by atoms with Gasteiger partial charge < -0.3 is 10.6 Å². The third kappa shape index (κ3) is 4.14. The van der Waals surface area contributed by atoms with E-state index in [-0.39, 0.29) is 23.2 Å². The van der Waals surface area contributed by atoms with Gasteiger partial charge >= 0.3 is 0 Å². The van der Waals surface area contributed by atoms with Crippen LogP contribution in [0.5, 0.6) is 0 Å². The van der Waals surface area contributed by atoms with Gasteiger partial charge in [-0.1, -0.05) is 17.7 Å². The highest BCUT2D eigenvalue weighted by Crippen LogP contribution is 2.19. The van der Waals surface area contributed by atoms with Gasteiger partial charge in [0.1, 0.15) is 11.6 Å². The van der Waals surface area contributed by atoms with Crippen molar-refractivity contribution in [3.63, 3.8) is 0 Å². The Bertz CT molecular complexity index is 913. The number of nitrogens with zero attached hydrogens (tertiary/aromatic N) is 2. The molecule has 1 heterocycles. The summed E-state index contributed by atoms with van der Waals surface area (Å²) in [5.74, 6) is -1.18. The van der Waals surface area contributed by atoms with E-state index < -0.39 is 11.6 Å². The van der Waals surface area contributed by atoms with Crippen molar-refractivity contribution in [2.45, 2.75) is 6.92 Å². The predicted octanol–water partition coefficient (Wildman–Crippen LogP) is 4.06. The summed E-state index contributed by atoms with van der Waals surface area (Å²) in [6, 6.07) is 13.4. The van der Waals surface area contributed by atoms with E-state index >= 15 is 0 Å². The molecular formula is C18H14F2N4O. The van der Waals surface area contributed by atoms with Crippen LogP contribution in [0.3, 0.4) is 0 Å². The Balaban J connectivity index is 1.69. The molecule has 0 saturated carbocycles. The molecule has 0 atom stereocenters. The number of nitrogens with one attached hydrogen (secondary N) is 2. The van der Waals surface area contributed by atoms with Gasteiger partial charge in [0.05, 0.1) is 5.69 Å². The van der Waals surface area contributed by atoms with Crippen LogP contribution < -0.4 is 10.6 Å². The average Bonchev–Trinajstić information content (AvgIpc) is 2.59. The van der Waals surface area contributed by atoms with Crippen molar-refractivity contribution in [1.29, 1.82) is 0 Å². The Hall–Kier alpha value is -3.35. The molecule has 0 aliphatic heterocycles. The van der Waals surface area contributed by atoms with E-state index in [1.807, 2.05) is 13.0 Å². The quantitative estimate of drug-likeness (QED) is 0.752. The summed E-state index contributed by atoms with van der Waals surface area (Å²) in [5.41, 5.74) is 1.56. The van der Waals surface area contributed by atoms with Crippen molar-refractivity contribution in [1.82, 2.24) is 10.2 Å².